The largest absolute Gasteiger partial charge is 0.478 e. The predicted octanol–water partition coefficient (Wildman–Crippen LogP) is 1.20. The summed E-state index contributed by atoms with van der Waals surface area (Å²) in [5, 5.41) is 9.00. The van der Waals surface area contributed by atoms with Crippen LogP contribution < -0.4 is 0 Å². The normalized spacial score (nSPS) is 19.9. The van der Waals surface area contributed by atoms with Crippen LogP contribution in [0.1, 0.15) is 16.8 Å². The third-order valence-electron chi connectivity index (χ3n) is 2.93. The summed E-state index contributed by atoms with van der Waals surface area (Å²) in [7, 11) is -3.58. The molecule has 0 aromatic heterocycles. The van der Waals surface area contributed by atoms with Gasteiger partial charge in [0.15, 0.2) is 9.84 Å². The number of carboxylic acid groups (broad SMARTS) is 1. The molecule has 0 aliphatic carbocycles. The van der Waals surface area contributed by atoms with Crippen molar-refractivity contribution in [3.05, 3.63) is 29.8 Å². The van der Waals surface area contributed by atoms with Gasteiger partial charge in [-0.3, -0.25) is 0 Å². The molecule has 1 saturated heterocycles. The minimum atomic E-state index is -3.58. The van der Waals surface area contributed by atoms with Crippen molar-refractivity contribution in [3.63, 3.8) is 0 Å². The van der Waals surface area contributed by atoms with Gasteiger partial charge in [-0.05, 0) is 24.5 Å². The van der Waals surface area contributed by atoms with Crippen LogP contribution in [0, 0.1) is 5.92 Å². The Labute approximate surface area is 105 Å². The first kappa shape index (κ1) is 13.0. The number of sulfone groups is 1. The first-order valence-electron chi connectivity index (χ1n) is 5.63. The summed E-state index contributed by atoms with van der Waals surface area (Å²) in [6.45, 7) is 0.995. The summed E-state index contributed by atoms with van der Waals surface area (Å²) in [5.41, 5.74) is -0.170. The van der Waals surface area contributed by atoms with Crippen molar-refractivity contribution in [2.24, 2.45) is 5.92 Å². The molecule has 2 rings (SSSR count). The number of carbonyl (C=O) groups is 1. The fraction of sp³-hybridized carbons (Fsp3) is 0.417. The quantitative estimate of drug-likeness (QED) is 0.889. The van der Waals surface area contributed by atoms with Gasteiger partial charge in [0.1, 0.15) is 0 Å². The molecule has 6 heteroatoms. The highest BCUT2D eigenvalue weighted by Crippen LogP contribution is 2.22. The lowest BCUT2D eigenvalue weighted by molar-refractivity contribution is 0.0692. The van der Waals surface area contributed by atoms with E-state index in [1.54, 1.807) is 0 Å². The first-order valence-corrected chi connectivity index (χ1v) is 7.29. The van der Waals surface area contributed by atoms with Crippen LogP contribution in [0.4, 0.5) is 0 Å². The van der Waals surface area contributed by atoms with Crippen LogP contribution in [0.15, 0.2) is 29.2 Å². The van der Waals surface area contributed by atoms with Crippen molar-refractivity contribution in [2.75, 3.05) is 19.0 Å². The van der Waals surface area contributed by atoms with E-state index in [0.29, 0.717) is 19.6 Å². The Bertz CT molecular complexity index is 543. The van der Waals surface area contributed by atoms with Gasteiger partial charge in [-0.15, -0.1) is 0 Å². The Kier molecular flexibility index (Phi) is 3.68. The van der Waals surface area contributed by atoms with E-state index in [2.05, 4.69) is 0 Å². The molecule has 0 amide bonds. The smallest absolute Gasteiger partial charge is 0.337 e. The van der Waals surface area contributed by atoms with E-state index in [1.165, 1.54) is 24.3 Å². The Balaban J connectivity index is 2.31. The summed E-state index contributed by atoms with van der Waals surface area (Å²) in [6, 6.07) is 5.70. The summed E-state index contributed by atoms with van der Waals surface area (Å²) in [4.78, 5) is 10.9. The molecule has 1 fully saturated rings. The van der Waals surface area contributed by atoms with Gasteiger partial charge in [-0.2, -0.15) is 0 Å². The van der Waals surface area contributed by atoms with Crippen LogP contribution in [0.3, 0.4) is 0 Å². The van der Waals surface area contributed by atoms with E-state index in [-0.39, 0.29) is 22.1 Å². The Morgan fingerprint density at radius 3 is 2.72 bits per heavy atom. The van der Waals surface area contributed by atoms with Crippen molar-refractivity contribution in [1.82, 2.24) is 0 Å². The maximum Gasteiger partial charge on any atom is 0.337 e. The molecule has 1 aliphatic rings. The van der Waals surface area contributed by atoms with Gasteiger partial charge in [0.2, 0.25) is 0 Å². The molecule has 18 heavy (non-hydrogen) atoms. The van der Waals surface area contributed by atoms with E-state index in [0.717, 1.165) is 0 Å². The van der Waals surface area contributed by atoms with Gasteiger partial charge in [0, 0.05) is 6.61 Å². The second-order valence-corrected chi connectivity index (χ2v) is 6.31. The van der Waals surface area contributed by atoms with E-state index in [9.17, 15) is 13.2 Å². The average molecular weight is 270 g/mol. The zero-order valence-electron chi connectivity index (χ0n) is 9.70. The molecule has 1 unspecified atom stereocenters. The van der Waals surface area contributed by atoms with Crippen LogP contribution in [-0.2, 0) is 14.6 Å². The fourth-order valence-corrected chi connectivity index (χ4v) is 3.87. The number of rotatable bonds is 4. The first-order chi connectivity index (χ1) is 8.50. The SMILES string of the molecule is O=C(O)c1ccccc1S(=O)(=O)CC1CCOC1. The topological polar surface area (TPSA) is 80.7 Å². The molecule has 1 aliphatic heterocycles. The molecule has 1 heterocycles. The van der Waals surface area contributed by atoms with Crippen molar-refractivity contribution >= 4 is 15.8 Å². The van der Waals surface area contributed by atoms with E-state index in [1.807, 2.05) is 0 Å². The van der Waals surface area contributed by atoms with Gasteiger partial charge in [-0.25, -0.2) is 13.2 Å². The number of ether oxygens (including phenoxy) is 1. The molecular weight excluding hydrogens is 256 g/mol. The number of aromatic carboxylic acids is 1. The number of carboxylic acids is 1. The predicted molar refractivity (Wildman–Crippen MR) is 64.4 cm³/mol. The molecule has 1 N–H and O–H groups in total. The van der Waals surface area contributed by atoms with Crippen LogP contribution >= 0.6 is 0 Å². The van der Waals surface area contributed by atoms with Gasteiger partial charge < -0.3 is 9.84 Å². The van der Waals surface area contributed by atoms with Crippen LogP contribution in [0.5, 0.6) is 0 Å². The Hall–Kier alpha value is -1.40. The molecule has 0 saturated carbocycles. The zero-order valence-corrected chi connectivity index (χ0v) is 10.5. The van der Waals surface area contributed by atoms with Crippen molar-refractivity contribution in [1.29, 1.82) is 0 Å². The minimum Gasteiger partial charge on any atom is -0.478 e. The third-order valence-corrected chi connectivity index (χ3v) is 4.87. The summed E-state index contributed by atoms with van der Waals surface area (Å²) in [5.74, 6) is -1.33. The number of hydrogen-bond acceptors (Lipinski definition) is 4. The maximum atomic E-state index is 12.2. The van der Waals surface area contributed by atoms with Crippen molar-refractivity contribution in [3.8, 4) is 0 Å². The molecule has 0 radical (unpaired) electrons. The van der Waals surface area contributed by atoms with E-state index in [4.69, 9.17) is 9.84 Å². The number of benzene rings is 1. The van der Waals surface area contributed by atoms with Gasteiger partial charge >= 0.3 is 5.97 Å². The van der Waals surface area contributed by atoms with Gasteiger partial charge in [0.25, 0.3) is 0 Å². The minimum absolute atomic E-state index is 0.0446. The molecule has 1 aromatic rings. The molecule has 0 bridgehead atoms. The molecular formula is C12H14O5S. The van der Waals surface area contributed by atoms with Crippen LogP contribution in [0.25, 0.3) is 0 Å². The zero-order chi connectivity index (χ0) is 13.2. The lowest BCUT2D eigenvalue weighted by Crippen LogP contribution is -2.19. The number of hydrogen-bond donors (Lipinski definition) is 1. The van der Waals surface area contributed by atoms with Crippen LogP contribution in [0.2, 0.25) is 0 Å². The van der Waals surface area contributed by atoms with Crippen molar-refractivity contribution in [2.45, 2.75) is 11.3 Å². The van der Waals surface area contributed by atoms with Gasteiger partial charge in [0.05, 0.1) is 22.8 Å². The highest BCUT2D eigenvalue weighted by molar-refractivity contribution is 7.91. The highest BCUT2D eigenvalue weighted by atomic mass is 32.2. The van der Waals surface area contributed by atoms with Crippen molar-refractivity contribution < 1.29 is 23.1 Å². The molecule has 1 aromatic carbocycles. The second kappa shape index (κ2) is 5.07. The summed E-state index contributed by atoms with van der Waals surface area (Å²) in [6.07, 6.45) is 0.703. The molecule has 5 nitrogen and oxygen atoms in total. The fourth-order valence-electron chi connectivity index (χ4n) is 2.03. The molecule has 1 atom stereocenters. The standard InChI is InChI=1S/C12H14O5S/c13-12(14)10-3-1-2-4-11(10)18(15,16)8-9-5-6-17-7-9/h1-4,9H,5-8H2,(H,13,14). The lowest BCUT2D eigenvalue weighted by Gasteiger charge is -2.10. The molecule has 0 spiro atoms. The summed E-state index contributed by atoms with van der Waals surface area (Å²) < 4.78 is 29.5. The monoisotopic (exact) mass is 270 g/mol. The highest BCUT2D eigenvalue weighted by Gasteiger charge is 2.27. The van der Waals surface area contributed by atoms with E-state index >= 15 is 0 Å². The molecule has 98 valence electrons. The Morgan fingerprint density at radius 2 is 2.11 bits per heavy atom. The Morgan fingerprint density at radius 1 is 1.39 bits per heavy atom. The second-order valence-electron chi connectivity index (χ2n) is 4.31. The average Bonchev–Trinajstić information content (AvgIpc) is 2.81. The van der Waals surface area contributed by atoms with Crippen LogP contribution in [-0.4, -0.2) is 38.5 Å². The third kappa shape index (κ3) is 2.70. The maximum absolute atomic E-state index is 12.2. The van der Waals surface area contributed by atoms with E-state index < -0.39 is 15.8 Å². The van der Waals surface area contributed by atoms with Gasteiger partial charge in [-0.1, -0.05) is 12.1 Å². The lowest BCUT2D eigenvalue weighted by atomic mass is 10.2. The summed E-state index contributed by atoms with van der Waals surface area (Å²) >= 11 is 0.